The largest absolute Gasteiger partial charge is 0.385 e. The Balaban J connectivity index is 2.23. The molecule has 1 atom stereocenters. The van der Waals surface area contributed by atoms with Crippen molar-refractivity contribution < 1.29 is 15.2 Å². The van der Waals surface area contributed by atoms with Gasteiger partial charge in [-0.25, -0.2) is 0 Å². The number of hydrogen-bond donors (Lipinski definition) is 2. The fraction of sp³-hybridized carbons (Fsp3) is 0.667. The number of hydrogen-bond acceptors (Lipinski definition) is 2. The summed E-state index contributed by atoms with van der Waals surface area (Å²) in [5.74, 6) is 0. The van der Waals surface area contributed by atoms with Gasteiger partial charge in [-0.05, 0) is 24.8 Å². The number of ether oxygens (including phenoxy) is 1. The Morgan fingerprint density at radius 3 is 2.29 bits per heavy atom. The van der Waals surface area contributed by atoms with Crippen LogP contribution in [0.4, 0.5) is 0 Å². The maximum Gasteiger partial charge on any atom is 0.126 e. The molecule has 1 rings (SSSR count). The van der Waals surface area contributed by atoms with Gasteiger partial charge in [0.1, 0.15) is 12.6 Å². The molecule has 0 aliphatic heterocycles. The predicted molar refractivity (Wildman–Crippen MR) is 87.0 cm³/mol. The Morgan fingerprint density at radius 2 is 1.71 bits per heavy atom. The third-order valence-electron chi connectivity index (χ3n) is 3.35. The Labute approximate surface area is 129 Å². The van der Waals surface area contributed by atoms with Crippen molar-refractivity contribution in [3.63, 3.8) is 0 Å². The molecule has 0 heterocycles. The van der Waals surface area contributed by atoms with E-state index in [-0.39, 0.29) is 5.54 Å². The molecule has 0 aliphatic carbocycles. The van der Waals surface area contributed by atoms with Crippen molar-refractivity contribution in [2.45, 2.75) is 59.3 Å². The van der Waals surface area contributed by atoms with Crippen molar-refractivity contribution >= 4 is 0 Å². The van der Waals surface area contributed by atoms with Crippen LogP contribution >= 0.6 is 0 Å². The molecule has 0 radical (unpaired) electrons. The smallest absolute Gasteiger partial charge is 0.126 e. The van der Waals surface area contributed by atoms with Crippen molar-refractivity contribution in [1.29, 1.82) is 0 Å². The van der Waals surface area contributed by atoms with Crippen LogP contribution in [0.2, 0.25) is 0 Å². The molecule has 3 nitrogen and oxygen atoms in total. The van der Waals surface area contributed by atoms with Gasteiger partial charge in [-0.2, -0.15) is 0 Å². The quantitative estimate of drug-likeness (QED) is 0.773. The van der Waals surface area contributed by atoms with Crippen molar-refractivity contribution in [3.05, 3.63) is 35.9 Å². The zero-order valence-electron chi connectivity index (χ0n) is 14.2. The zero-order chi connectivity index (χ0) is 15.9. The molecular formula is C18H32NO2+. The molecule has 0 unspecified atom stereocenters. The number of nitrogens with two attached hydrogens (primary N) is 1. The topological polar surface area (TPSA) is 46.1 Å². The van der Waals surface area contributed by atoms with E-state index in [0.29, 0.717) is 25.2 Å². The minimum Gasteiger partial charge on any atom is -0.385 e. The van der Waals surface area contributed by atoms with Gasteiger partial charge in [0.15, 0.2) is 0 Å². The summed E-state index contributed by atoms with van der Waals surface area (Å²) in [6.45, 7) is 12.8. The average molecular weight is 294 g/mol. The molecule has 0 spiro atoms. The summed E-state index contributed by atoms with van der Waals surface area (Å²) in [5, 5.41) is 12.3. The van der Waals surface area contributed by atoms with Gasteiger partial charge in [-0.3, -0.25) is 0 Å². The summed E-state index contributed by atoms with van der Waals surface area (Å²) in [6, 6.07) is 10.1. The van der Waals surface area contributed by atoms with Crippen LogP contribution in [0, 0.1) is 5.41 Å². The van der Waals surface area contributed by atoms with E-state index < -0.39 is 6.10 Å². The van der Waals surface area contributed by atoms with Crippen LogP contribution in [0.25, 0.3) is 0 Å². The molecule has 0 amide bonds. The van der Waals surface area contributed by atoms with Crippen LogP contribution in [0.15, 0.2) is 30.3 Å². The van der Waals surface area contributed by atoms with Gasteiger partial charge in [0.25, 0.3) is 0 Å². The molecule has 0 bridgehead atoms. The zero-order valence-corrected chi connectivity index (χ0v) is 14.2. The molecule has 0 aliphatic rings. The van der Waals surface area contributed by atoms with E-state index in [4.69, 9.17) is 4.74 Å². The van der Waals surface area contributed by atoms with E-state index in [1.165, 1.54) is 0 Å². The first-order valence-electron chi connectivity index (χ1n) is 7.82. The molecule has 0 saturated heterocycles. The third kappa shape index (κ3) is 8.86. The summed E-state index contributed by atoms with van der Waals surface area (Å²) in [5.41, 5.74) is 1.58. The number of aliphatic hydroxyl groups is 1. The summed E-state index contributed by atoms with van der Waals surface area (Å²) < 4.78 is 5.58. The van der Waals surface area contributed by atoms with Gasteiger partial charge in [-0.1, -0.05) is 51.1 Å². The summed E-state index contributed by atoms with van der Waals surface area (Å²) in [4.78, 5) is 0. The molecule has 1 aromatic carbocycles. The molecule has 0 aromatic heterocycles. The van der Waals surface area contributed by atoms with Crippen LogP contribution in [0.3, 0.4) is 0 Å². The van der Waals surface area contributed by atoms with Crippen molar-refractivity contribution in [2.75, 3.05) is 13.2 Å². The lowest BCUT2D eigenvalue weighted by Crippen LogP contribution is -2.97. The minimum atomic E-state index is -0.423. The number of benzene rings is 1. The van der Waals surface area contributed by atoms with Crippen LogP contribution in [-0.4, -0.2) is 29.9 Å². The van der Waals surface area contributed by atoms with Crippen molar-refractivity contribution in [2.24, 2.45) is 5.41 Å². The third-order valence-corrected chi connectivity index (χ3v) is 3.35. The maximum atomic E-state index is 10.0. The van der Waals surface area contributed by atoms with Crippen molar-refractivity contribution in [1.82, 2.24) is 0 Å². The highest BCUT2D eigenvalue weighted by atomic mass is 16.5. The number of quaternary nitrogens is 1. The fourth-order valence-electron chi connectivity index (χ4n) is 2.85. The van der Waals surface area contributed by atoms with Gasteiger partial charge in [0.2, 0.25) is 0 Å². The standard InChI is InChI=1S/C18H31NO2/c1-17(2,3)14-18(4,5)19-11-16(20)13-21-12-15-9-7-6-8-10-15/h6-10,16,19-20H,11-14H2,1-5H3/p+1/t16-/m0/s1. The predicted octanol–water partition coefficient (Wildman–Crippen LogP) is 2.34. The maximum absolute atomic E-state index is 10.0. The summed E-state index contributed by atoms with van der Waals surface area (Å²) in [6.07, 6.45) is 0.686. The Kier molecular flexibility index (Phi) is 6.85. The van der Waals surface area contributed by atoms with Gasteiger partial charge in [0, 0.05) is 6.42 Å². The molecule has 3 N–H and O–H groups in total. The van der Waals surface area contributed by atoms with E-state index in [1.807, 2.05) is 30.3 Å². The summed E-state index contributed by atoms with van der Waals surface area (Å²) >= 11 is 0. The van der Waals surface area contributed by atoms with E-state index in [1.54, 1.807) is 0 Å². The van der Waals surface area contributed by atoms with E-state index in [0.717, 1.165) is 12.0 Å². The number of rotatable bonds is 8. The minimum absolute atomic E-state index is 0.138. The normalized spacial score (nSPS) is 14.2. The lowest BCUT2D eigenvalue weighted by molar-refractivity contribution is -0.728. The van der Waals surface area contributed by atoms with Crippen LogP contribution in [0.1, 0.15) is 46.6 Å². The van der Waals surface area contributed by atoms with E-state index in [9.17, 15) is 5.11 Å². The lowest BCUT2D eigenvalue weighted by atomic mass is 9.82. The van der Waals surface area contributed by atoms with Crippen LogP contribution in [-0.2, 0) is 11.3 Å². The Hall–Kier alpha value is -0.900. The second-order valence-corrected chi connectivity index (χ2v) is 7.82. The van der Waals surface area contributed by atoms with Crippen LogP contribution < -0.4 is 5.32 Å². The molecule has 3 heteroatoms. The first-order valence-corrected chi connectivity index (χ1v) is 7.82. The SMILES string of the molecule is CC(C)(C)CC(C)(C)[NH2+]C[C@H](O)COCc1ccccc1. The monoisotopic (exact) mass is 294 g/mol. The fourth-order valence-corrected chi connectivity index (χ4v) is 2.85. The molecule has 120 valence electrons. The molecule has 0 saturated carbocycles. The van der Waals surface area contributed by atoms with Gasteiger partial charge in [0.05, 0.1) is 18.8 Å². The molecular weight excluding hydrogens is 262 g/mol. The molecule has 1 aromatic rings. The lowest BCUT2D eigenvalue weighted by Gasteiger charge is -2.31. The number of aliphatic hydroxyl groups excluding tert-OH is 1. The van der Waals surface area contributed by atoms with E-state index >= 15 is 0 Å². The molecule has 21 heavy (non-hydrogen) atoms. The second kappa shape index (κ2) is 7.92. The van der Waals surface area contributed by atoms with E-state index in [2.05, 4.69) is 39.9 Å². The van der Waals surface area contributed by atoms with Crippen molar-refractivity contribution in [3.8, 4) is 0 Å². The van der Waals surface area contributed by atoms with Crippen LogP contribution in [0.5, 0.6) is 0 Å². The Morgan fingerprint density at radius 1 is 1.10 bits per heavy atom. The molecule has 0 fully saturated rings. The van der Waals surface area contributed by atoms with Gasteiger partial charge < -0.3 is 15.2 Å². The van der Waals surface area contributed by atoms with Gasteiger partial charge >= 0.3 is 0 Å². The highest BCUT2D eigenvalue weighted by molar-refractivity contribution is 5.13. The first kappa shape index (κ1) is 18.1. The highest BCUT2D eigenvalue weighted by Crippen LogP contribution is 2.24. The average Bonchev–Trinajstić information content (AvgIpc) is 2.35. The van der Waals surface area contributed by atoms with Gasteiger partial charge in [-0.15, -0.1) is 0 Å². The second-order valence-electron chi connectivity index (χ2n) is 7.82. The Bertz CT molecular complexity index is 395. The first-order chi connectivity index (χ1) is 9.68. The summed E-state index contributed by atoms with van der Waals surface area (Å²) in [7, 11) is 0. The highest BCUT2D eigenvalue weighted by Gasteiger charge is 2.28.